The van der Waals surface area contributed by atoms with E-state index in [1.54, 1.807) is 0 Å². The normalized spacial score (nSPS) is 14.9. The van der Waals surface area contributed by atoms with E-state index in [0.29, 0.717) is 24.5 Å². The van der Waals surface area contributed by atoms with Gasteiger partial charge < -0.3 is 18.9 Å². The molecule has 27 heavy (non-hydrogen) atoms. The van der Waals surface area contributed by atoms with Crippen LogP contribution in [0, 0.1) is 0 Å². The number of hydrogen-bond donors (Lipinski definition) is 0. The van der Waals surface area contributed by atoms with E-state index >= 15 is 0 Å². The molecule has 2 aromatic carbocycles. The first-order valence-corrected chi connectivity index (χ1v) is 8.96. The molecule has 0 N–H and O–H groups in total. The summed E-state index contributed by atoms with van der Waals surface area (Å²) in [6.07, 6.45) is 1.04. The highest BCUT2D eigenvalue weighted by Crippen LogP contribution is 2.36. The minimum Gasteiger partial charge on any atom is -0.454 e. The van der Waals surface area contributed by atoms with Crippen molar-refractivity contribution in [1.29, 1.82) is 0 Å². The highest BCUT2D eigenvalue weighted by atomic mass is 16.7. The van der Waals surface area contributed by atoms with E-state index in [1.807, 2.05) is 53.4 Å². The van der Waals surface area contributed by atoms with Gasteiger partial charge in [0.1, 0.15) is 0 Å². The van der Waals surface area contributed by atoms with Crippen LogP contribution in [-0.2, 0) is 24.2 Å². The molecule has 2 aliphatic rings. The number of nitrogens with zero attached hydrogens (tertiary/aromatic N) is 2. The lowest BCUT2D eigenvalue weighted by atomic mass is 9.98. The van der Waals surface area contributed by atoms with Crippen LogP contribution in [0.2, 0.25) is 0 Å². The second-order valence-electron chi connectivity index (χ2n) is 6.76. The number of carbonyl (C=O) groups excluding carboxylic acids is 1. The Morgan fingerprint density at radius 3 is 2.63 bits per heavy atom. The van der Waals surface area contributed by atoms with E-state index in [2.05, 4.69) is 5.16 Å². The molecule has 0 fully saturated rings. The Morgan fingerprint density at radius 1 is 1.04 bits per heavy atom. The first kappa shape index (κ1) is 15.9. The quantitative estimate of drug-likeness (QED) is 0.716. The second kappa shape index (κ2) is 6.46. The Labute approximate surface area is 156 Å². The molecule has 136 valence electrons. The lowest BCUT2D eigenvalue weighted by Crippen LogP contribution is -2.36. The maximum Gasteiger partial charge on any atom is 0.231 e. The van der Waals surface area contributed by atoms with Gasteiger partial charge in [0.15, 0.2) is 17.3 Å². The zero-order valence-corrected chi connectivity index (χ0v) is 14.7. The van der Waals surface area contributed by atoms with Crippen molar-refractivity contribution < 1.29 is 18.8 Å². The van der Waals surface area contributed by atoms with Crippen molar-refractivity contribution in [3.05, 3.63) is 65.4 Å². The number of ether oxygens (including phenoxy) is 2. The maximum absolute atomic E-state index is 12.7. The van der Waals surface area contributed by atoms with E-state index < -0.39 is 0 Å². The molecule has 5 rings (SSSR count). The average Bonchev–Trinajstić information content (AvgIpc) is 3.35. The molecule has 6 nitrogen and oxygen atoms in total. The van der Waals surface area contributed by atoms with Crippen molar-refractivity contribution >= 4 is 5.91 Å². The molecule has 0 unspecified atom stereocenters. The molecule has 0 bridgehead atoms. The fraction of sp³-hybridized carbons (Fsp3) is 0.238. The van der Waals surface area contributed by atoms with Crippen LogP contribution in [0.15, 0.2) is 53.1 Å². The van der Waals surface area contributed by atoms with E-state index in [1.165, 1.54) is 5.56 Å². The summed E-state index contributed by atoms with van der Waals surface area (Å²) in [6, 6.07) is 15.6. The monoisotopic (exact) mass is 362 g/mol. The summed E-state index contributed by atoms with van der Waals surface area (Å²) in [5.41, 5.74) is 3.93. The minimum absolute atomic E-state index is 0.0474. The van der Waals surface area contributed by atoms with Gasteiger partial charge in [-0.3, -0.25) is 4.79 Å². The molecule has 0 radical (unpaired) electrons. The first-order chi connectivity index (χ1) is 13.3. The Bertz CT molecular complexity index is 997. The number of benzene rings is 2. The lowest BCUT2D eigenvalue weighted by Gasteiger charge is -2.29. The SMILES string of the molecule is O=C(Cc1cc(-c2ccccc2)on1)N1CCc2cc3c(cc2C1)OCO3. The number of amides is 1. The van der Waals surface area contributed by atoms with Gasteiger partial charge in [0.25, 0.3) is 0 Å². The van der Waals surface area contributed by atoms with Gasteiger partial charge in [-0.2, -0.15) is 0 Å². The number of aromatic nitrogens is 1. The third-order valence-corrected chi connectivity index (χ3v) is 5.01. The largest absolute Gasteiger partial charge is 0.454 e. The van der Waals surface area contributed by atoms with Crippen molar-refractivity contribution in [2.45, 2.75) is 19.4 Å². The highest BCUT2D eigenvalue weighted by Gasteiger charge is 2.25. The zero-order valence-electron chi connectivity index (χ0n) is 14.7. The van der Waals surface area contributed by atoms with Crippen molar-refractivity contribution in [2.75, 3.05) is 13.3 Å². The van der Waals surface area contributed by atoms with Crippen LogP contribution in [0.3, 0.4) is 0 Å². The van der Waals surface area contributed by atoms with Gasteiger partial charge in [0.2, 0.25) is 12.7 Å². The summed E-state index contributed by atoms with van der Waals surface area (Å²) >= 11 is 0. The number of carbonyl (C=O) groups is 1. The van der Waals surface area contributed by atoms with Crippen molar-refractivity contribution in [3.63, 3.8) is 0 Å². The molecule has 1 amide bonds. The molecule has 0 saturated carbocycles. The van der Waals surface area contributed by atoms with Crippen LogP contribution >= 0.6 is 0 Å². The summed E-state index contributed by atoms with van der Waals surface area (Å²) in [4.78, 5) is 14.6. The van der Waals surface area contributed by atoms with E-state index in [-0.39, 0.29) is 19.1 Å². The third-order valence-electron chi connectivity index (χ3n) is 5.01. The van der Waals surface area contributed by atoms with E-state index in [4.69, 9.17) is 14.0 Å². The van der Waals surface area contributed by atoms with E-state index in [0.717, 1.165) is 29.0 Å². The summed E-state index contributed by atoms with van der Waals surface area (Å²) in [7, 11) is 0. The standard InChI is InChI=1S/C21H18N2O4/c24-21(11-17-10-18(27-22-17)14-4-2-1-3-5-14)23-7-6-15-8-19-20(26-13-25-19)9-16(15)12-23/h1-5,8-10H,6-7,11-13H2. The number of rotatable bonds is 3. The van der Waals surface area contributed by atoms with Crippen LogP contribution in [0.1, 0.15) is 16.8 Å². The van der Waals surface area contributed by atoms with Gasteiger partial charge in [0.05, 0.1) is 12.1 Å². The van der Waals surface area contributed by atoms with Gasteiger partial charge in [-0.05, 0) is 29.7 Å². The van der Waals surface area contributed by atoms with Gasteiger partial charge in [-0.25, -0.2) is 0 Å². The van der Waals surface area contributed by atoms with Gasteiger partial charge in [-0.15, -0.1) is 0 Å². The molecule has 0 saturated heterocycles. The van der Waals surface area contributed by atoms with Crippen molar-refractivity contribution in [1.82, 2.24) is 10.1 Å². The van der Waals surface area contributed by atoms with Crippen LogP contribution in [0.4, 0.5) is 0 Å². The van der Waals surface area contributed by atoms with Crippen LogP contribution < -0.4 is 9.47 Å². The molecule has 0 spiro atoms. The zero-order chi connectivity index (χ0) is 18.2. The Morgan fingerprint density at radius 2 is 1.81 bits per heavy atom. The smallest absolute Gasteiger partial charge is 0.231 e. The predicted molar refractivity (Wildman–Crippen MR) is 97.3 cm³/mol. The second-order valence-corrected chi connectivity index (χ2v) is 6.76. The molecule has 0 atom stereocenters. The molecule has 0 aliphatic carbocycles. The molecule has 3 heterocycles. The topological polar surface area (TPSA) is 64.8 Å². The van der Waals surface area contributed by atoms with Crippen LogP contribution in [0.25, 0.3) is 11.3 Å². The molecule has 2 aliphatic heterocycles. The fourth-order valence-electron chi connectivity index (χ4n) is 3.56. The summed E-state index contributed by atoms with van der Waals surface area (Å²) in [5.74, 6) is 2.28. The summed E-state index contributed by atoms with van der Waals surface area (Å²) in [6.45, 7) is 1.53. The van der Waals surface area contributed by atoms with Crippen molar-refractivity contribution in [2.24, 2.45) is 0 Å². The maximum atomic E-state index is 12.7. The molecular formula is C21H18N2O4. The molecule has 3 aromatic rings. The molecular weight excluding hydrogens is 344 g/mol. The Kier molecular flexibility index (Phi) is 3.81. The van der Waals surface area contributed by atoms with Gasteiger partial charge >= 0.3 is 0 Å². The van der Waals surface area contributed by atoms with Crippen LogP contribution in [-0.4, -0.2) is 29.3 Å². The highest BCUT2D eigenvalue weighted by molar-refractivity contribution is 5.79. The first-order valence-electron chi connectivity index (χ1n) is 8.96. The summed E-state index contributed by atoms with van der Waals surface area (Å²) < 4.78 is 16.3. The van der Waals surface area contributed by atoms with E-state index in [9.17, 15) is 4.79 Å². The van der Waals surface area contributed by atoms with Gasteiger partial charge in [-0.1, -0.05) is 35.5 Å². The summed E-state index contributed by atoms with van der Waals surface area (Å²) in [5, 5.41) is 4.06. The number of hydrogen-bond acceptors (Lipinski definition) is 5. The number of fused-ring (bicyclic) bond motifs is 2. The Hall–Kier alpha value is -3.28. The minimum atomic E-state index is 0.0474. The molecule has 1 aromatic heterocycles. The molecule has 6 heteroatoms. The third kappa shape index (κ3) is 3.03. The predicted octanol–water partition coefficient (Wildman–Crippen LogP) is 3.20. The van der Waals surface area contributed by atoms with Crippen LogP contribution in [0.5, 0.6) is 11.5 Å². The Balaban J connectivity index is 1.29. The van der Waals surface area contributed by atoms with Gasteiger partial charge in [0, 0.05) is 24.7 Å². The lowest BCUT2D eigenvalue weighted by molar-refractivity contribution is -0.131. The van der Waals surface area contributed by atoms with Crippen molar-refractivity contribution in [3.8, 4) is 22.8 Å². The fourth-order valence-corrected chi connectivity index (χ4v) is 3.56. The average molecular weight is 362 g/mol.